The first kappa shape index (κ1) is 136. The number of alkyl halides is 25. The number of nitrogens with zero attached hydrogens (tertiary/aromatic N) is 2. The zero-order chi connectivity index (χ0) is 99.4. The van der Waals surface area contributed by atoms with E-state index in [2.05, 4.69) is 89.5 Å². The summed E-state index contributed by atoms with van der Waals surface area (Å²) in [5.41, 5.74) is -15.3. The van der Waals surface area contributed by atoms with E-state index in [1.54, 1.807) is 28.1 Å². The highest BCUT2D eigenvalue weighted by Crippen LogP contribution is 2.57. The van der Waals surface area contributed by atoms with Gasteiger partial charge in [-0.05, 0) is 275 Å². The largest absolute Gasteiger partial charge is 0.523 e. The van der Waals surface area contributed by atoms with Crippen LogP contribution >= 0.6 is 47.0 Å². The Morgan fingerprint density at radius 1 is 0.392 bits per heavy atom. The lowest BCUT2D eigenvalue weighted by molar-refractivity contribution is -0.358. The Kier molecular flexibility index (Phi) is 60.2. The molecule has 9 fully saturated rings. The van der Waals surface area contributed by atoms with Gasteiger partial charge in [-0.1, -0.05) is 137 Å². The van der Waals surface area contributed by atoms with Crippen molar-refractivity contribution in [2.24, 2.45) is 38.4 Å². The lowest BCUT2D eigenvalue weighted by atomic mass is 9.96. The molecule has 0 unspecified atom stereocenters. The van der Waals surface area contributed by atoms with E-state index in [1.165, 1.54) is 128 Å². The van der Waals surface area contributed by atoms with Crippen LogP contribution in [0.1, 0.15) is 365 Å². The molecular weight excluding hydrogens is 1720 g/mol. The first-order chi connectivity index (χ1) is 51.5. The van der Waals surface area contributed by atoms with Crippen molar-refractivity contribution in [2.45, 2.75) is 466 Å². The molecule has 6 nitrogen and oxygen atoms in total. The molecule has 0 bridgehead atoms. The van der Waals surface area contributed by atoms with Crippen LogP contribution in [0.4, 0.5) is 110 Å². The number of ether oxygens (including phenoxy) is 4. The van der Waals surface area contributed by atoms with E-state index in [-0.39, 0.29) is 40.0 Å². The Morgan fingerprint density at radius 2 is 0.650 bits per heavy atom. The summed E-state index contributed by atoms with van der Waals surface area (Å²) in [5, 5.41) is 16.4. The van der Waals surface area contributed by atoms with Gasteiger partial charge in [0.15, 0.2) is 0 Å². The van der Waals surface area contributed by atoms with Crippen molar-refractivity contribution in [1.82, 2.24) is 0 Å². The number of methoxy groups -OCH3 is 2. The Bertz CT molecular complexity index is 2400. The quantitative estimate of drug-likeness (QED) is 0.254. The highest BCUT2D eigenvalue weighted by atomic mass is 32.2. The molecule has 0 aromatic heterocycles. The normalized spacial score (nSPS) is 19.4. The van der Waals surface area contributed by atoms with E-state index < -0.39 is 96.5 Å². The lowest BCUT2D eigenvalue weighted by Gasteiger charge is -2.21. The maximum absolute atomic E-state index is 11.8. The number of thioether (sulfide) groups is 4. The van der Waals surface area contributed by atoms with Crippen molar-refractivity contribution in [1.29, 1.82) is 10.5 Å². The van der Waals surface area contributed by atoms with Gasteiger partial charge >= 0.3 is 42.3 Å². The van der Waals surface area contributed by atoms with E-state index in [9.17, 15) is 110 Å². The van der Waals surface area contributed by atoms with Gasteiger partial charge in [-0.25, -0.2) is 17.6 Å². The molecule has 9 aliphatic carbocycles. The third-order valence-corrected chi connectivity index (χ3v) is 20.2. The molecular formula is C85H157F25N2O4S4. The third-order valence-electron chi connectivity index (χ3n) is 15.6. The van der Waals surface area contributed by atoms with Crippen molar-refractivity contribution < 1.29 is 129 Å². The molecule has 0 aromatic carbocycles. The average molecular weight is 1870 g/mol. The second-order valence-corrected chi connectivity index (χ2v) is 48.1. The summed E-state index contributed by atoms with van der Waals surface area (Å²) in [7, 11) is 3.48. The van der Waals surface area contributed by atoms with Gasteiger partial charge in [-0.3, -0.25) is 9.47 Å². The SMILES string of the molecule is CC(C)(C)C#N.CC(C)(C)C(F)(F)F.CC(C)(C)C(F)(F)F.CC(C)(C)F.CC(C)(C)OC(F)(F)F.CC(C)(C)SC(F)(F)F.CC(C)(F)F.CC1(C#N)CC1.CC1(C(F)(F)F)CC1.CC1(C)CC1.CC1(F)CC1.CC1(OC(F)(F)F)CC1.CC1(SC(F)(F)F)CC1.CC1CC1.COC(C)(C)C.COC1(C)CC1.CSC(C)(C)C.CSC1(C)CC1. The van der Waals surface area contributed by atoms with E-state index >= 15 is 0 Å². The minimum atomic E-state index is -4.52. The number of rotatable bonds is 4. The minimum Gasteiger partial charge on any atom is -0.379 e. The molecule has 0 aliphatic heterocycles. The number of hydrogen-bond donors (Lipinski definition) is 0. The summed E-state index contributed by atoms with van der Waals surface area (Å²) in [6.45, 7) is 59.4. The molecule has 0 amide bonds. The third kappa shape index (κ3) is 127. The Labute approximate surface area is 725 Å². The minimum absolute atomic E-state index is 0.0139. The molecule has 120 heavy (non-hydrogen) atoms. The van der Waals surface area contributed by atoms with Gasteiger partial charge in [0, 0.05) is 38.6 Å². The molecule has 730 valence electrons. The smallest absolute Gasteiger partial charge is 0.379 e. The second-order valence-electron chi connectivity index (χ2n) is 41.5. The van der Waals surface area contributed by atoms with Crippen LogP contribution in [0.15, 0.2) is 0 Å². The van der Waals surface area contributed by atoms with Crippen LogP contribution in [-0.4, -0.2) is 128 Å². The molecule has 0 aromatic rings. The molecule has 0 spiro atoms. The summed E-state index contributed by atoms with van der Waals surface area (Å²) < 4.78 is 304. The van der Waals surface area contributed by atoms with Gasteiger partial charge < -0.3 is 9.47 Å². The van der Waals surface area contributed by atoms with Crippen LogP contribution in [0.3, 0.4) is 0 Å². The summed E-state index contributed by atoms with van der Waals surface area (Å²) in [5.74, 6) is -1.42. The molecule has 9 aliphatic rings. The van der Waals surface area contributed by atoms with Gasteiger partial charge in [0.2, 0.25) is 5.92 Å². The van der Waals surface area contributed by atoms with Gasteiger partial charge in [0.25, 0.3) is 0 Å². The van der Waals surface area contributed by atoms with E-state index in [4.69, 9.17) is 20.0 Å². The van der Waals surface area contributed by atoms with Gasteiger partial charge in [-0.2, -0.15) is 99.9 Å². The molecule has 35 heteroatoms. The van der Waals surface area contributed by atoms with Gasteiger partial charge in [0.1, 0.15) is 11.3 Å². The summed E-state index contributed by atoms with van der Waals surface area (Å²) in [6.07, 6.45) is 1.41. The Balaban J connectivity index is -0.000000156. The summed E-state index contributed by atoms with van der Waals surface area (Å²) in [6, 6.07) is 4.32. The number of nitriles is 2. The molecule has 0 N–H and O–H groups in total. The Morgan fingerprint density at radius 3 is 0.667 bits per heavy atom. The van der Waals surface area contributed by atoms with E-state index in [0.717, 1.165) is 92.4 Å². The fourth-order valence-electron chi connectivity index (χ4n) is 3.93. The molecule has 0 radical (unpaired) electrons. The standard InChI is InChI=1S/C5H7F3O.C5H9F3O.C5H7F3S.C5H9F3S.C5H7F3.2C5H9F3.C5H7N.C5H9N.C5H10O.C5H12O.C5H10S.C5H12S.C5H10.C4H7F.C4H9F.C4H8.C3H6F2/c1-4(2-3-4)9-5(6,7)8;1-4(2,3)9-5(6,7)8;1-4(2-3-4)9-5(6,7)8;1-4(2,3)9-5(6,7)8;1-4(2-3-4)5(6,7)8;2*1-4(2,3)5(6,7)8;1-5(4-6)2-3-5;1-5(2,3)4-6;1-5(6-2)3-4-5;1-5(2,3)6-4;1-5(6-2)3-4-5;1-5(2,3)6-4;1-5(2)3-4-5;1-4(5)2-3-4;1-4(2,3)5;1-4-2-3-4;1-3(2,4)5/h2-3H2,1H3;1-3H3;2-3H2,1H3;1-3H3;2-3H2,1H3;2*1-3H3;2-3H2,1H3;1-3H3;3-4H2,1-2H3;1-4H3;3-4H2,1-2H3;1-4H3;3-4H2,1-2H3;2-3H2,1H3;1-3H3;4H,2-3H2,1H3;1-2H3. The van der Waals surface area contributed by atoms with Crippen molar-refractivity contribution in [3.05, 3.63) is 0 Å². The molecule has 9 rings (SSSR count). The fraction of sp³-hybridized carbons (Fsp3) is 0.976. The van der Waals surface area contributed by atoms with Crippen molar-refractivity contribution in [3.8, 4) is 12.1 Å². The summed E-state index contributed by atoms with van der Waals surface area (Å²) in [4.78, 5) is 0. The topological polar surface area (TPSA) is 84.5 Å². The lowest BCUT2D eigenvalue weighted by Crippen LogP contribution is -2.28. The zero-order valence-electron chi connectivity index (χ0n) is 79.9. The van der Waals surface area contributed by atoms with Crippen molar-refractivity contribution in [3.63, 3.8) is 0 Å². The highest BCUT2D eigenvalue weighted by Gasteiger charge is 2.59. The molecule has 0 atom stereocenters. The average Bonchev–Trinajstić information content (AvgIpc) is 1.66. The Hall–Kier alpha value is -1.53. The molecule has 0 heterocycles. The highest BCUT2D eigenvalue weighted by molar-refractivity contribution is 8.02. The van der Waals surface area contributed by atoms with Crippen LogP contribution in [-0.2, 0) is 18.9 Å². The fourth-order valence-corrected chi connectivity index (χ4v) is 6.00. The van der Waals surface area contributed by atoms with Crippen LogP contribution < -0.4 is 0 Å². The van der Waals surface area contributed by atoms with Crippen LogP contribution in [0, 0.1) is 61.1 Å². The predicted molar refractivity (Wildman–Crippen MR) is 452 cm³/mol. The van der Waals surface area contributed by atoms with E-state index in [0.29, 0.717) is 53.6 Å². The first-order valence-corrected chi connectivity index (χ1v) is 43.6. The molecule has 0 saturated heterocycles. The van der Waals surface area contributed by atoms with Crippen LogP contribution in [0.5, 0.6) is 0 Å². The monoisotopic (exact) mass is 1870 g/mol. The van der Waals surface area contributed by atoms with Gasteiger partial charge in [-0.15, -0.1) is 26.3 Å². The molecule has 9 saturated carbocycles. The van der Waals surface area contributed by atoms with Gasteiger partial charge in [0.05, 0.1) is 56.2 Å². The van der Waals surface area contributed by atoms with E-state index in [1.807, 2.05) is 72.0 Å². The predicted octanol–water partition coefficient (Wildman–Crippen LogP) is 35.4. The second kappa shape index (κ2) is 53.0. The van der Waals surface area contributed by atoms with Crippen molar-refractivity contribution >= 4 is 47.0 Å². The first-order valence-electron chi connectivity index (χ1n) is 39.6. The van der Waals surface area contributed by atoms with Crippen LogP contribution in [0.2, 0.25) is 0 Å². The zero-order valence-corrected chi connectivity index (χ0v) is 83.2. The maximum atomic E-state index is 11.8. The number of hydrogen-bond acceptors (Lipinski definition) is 10. The van der Waals surface area contributed by atoms with Crippen molar-refractivity contribution in [2.75, 3.05) is 26.7 Å². The number of halogens is 25. The maximum Gasteiger partial charge on any atom is 0.523 e. The van der Waals surface area contributed by atoms with Crippen LogP contribution in [0.25, 0.3) is 0 Å². The summed E-state index contributed by atoms with van der Waals surface area (Å²) >= 11 is 4.01.